The van der Waals surface area contributed by atoms with Crippen LogP contribution in [0.2, 0.25) is 0 Å². The summed E-state index contributed by atoms with van der Waals surface area (Å²) in [6.07, 6.45) is 6.24. The molecule has 1 fully saturated rings. The summed E-state index contributed by atoms with van der Waals surface area (Å²) in [5.41, 5.74) is 2.76. The SMILES string of the molecule is COc1ccc(-c2noc(CCN(C(=O)c3ccc(C)cc3)C3CCCCC3)n2)cc1. The lowest BCUT2D eigenvalue weighted by Crippen LogP contribution is -2.42. The lowest BCUT2D eigenvalue weighted by atomic mass is 9.93. The molecule has 0 spiro atoms. The molecule has 1 aliphatic rings. The van der Waals surface area contributed by atoms with Crippen molar-refractivity contribution in [3.63, 3.8) is 0 Å². The Morgan fingerprint density at radius 1 is 1.06 bits per heavy atom. The molecule has 1 heterocycles. The van der Waals surface area contributed by atoms with Gasteiger partial charge in [0.15, 0.2) is 0 Å². The maximum Gasteiger partial charge on any atom is 0.254 e. The summed E-state index contributed by atoms with van der Waals surface area (Å²) in [6.45, 7) is 2.60. The van der Waals surface area contributed by atoms with Crippen LogP contribution in [0.25, 0.3) is 11.4 Å². The van der Waals surface area contributed by atoms with Crippen LogP contribution in [0.1, 0.15) is 53.9 Å². The van der Waals surface area contributed by atoms with Crippen LogP contribution in [0, 0.1) is 6.92 Å². The van der Waals surface area contributed by atoms with E-state index in [2.05, 4.69) is 10.1 Å². The fraction of sp³-hybridized carbons (Fsp3) is 0.400. The van der Waals surface area contributed by atoms with Crippen LogP contribution in [0.15, 0.2) is 53.1 Å². The van der Waals surface area contributed by atoms with Crippen LogP contribution < -0.4 is 4.74 Å². The molecule has 1 aromatic heterocycles. The first-order valence-electron chi connectivity index (χ1n) is 11.0. The van der Waals surface area contributed by atoms with Crippen molar-refractivity contribution in [2.24, 2.45) is 0 Å². The highest BCUT2D eigenvalue weighted by atomic mass is 16.5. The zero-order valence-electron chi connectivity index (χ0n) is 18.2. The molecule has 0 aliphatic heterocycles. The lowest BCUT2D eigenvalue weighted by Gasteiger charge is -2.34. The van der Waals surface area contributed by atoms with Gasteiger partial charge < -0.3 is 14.2 Å². The number of benzene rings is 2. The van der Waals surface area contributed by atoms with E-state index in [9.17, 15) is 4.79 Å². The highest BCUT2D eigenvalue weighted by Gasteiger charge is 2.26. The molecule has 6 nitrogen and oxygen atoms in total. The standard InChI is InChI=1S/C25H29N3O3/c1-18-8-10-20(11-9-18)25(29)28(21-6-4-3-5-7-21)17-16-23-26-24(27-31-23)19-12-14-22(30-2)15-13-19/h8-15,21H,3-7,16-17H2,1-2H3. The highest BCUT2D eigenvalue weighted by molar-refractivity contribution is 5.94. The first-order chi connectivity index (χ1) is 15.1. The van der Waals surface area contributed by atoms with Crippen LogP contribution in [-0.4, -0.2) is 40.6 Å². The summed E-state index contributed by atoms with van der Waals surface area (Å²) in [5.74, 6) is 1.96. The van der Waals surface area contributed by atoms with Crippen molar-refractivity contribution >= 4 is 5.91 Å². The average molecular weight is 420 g/mol. The van der Waals surface area contributed by atoms with E-state index in [0.717, 1.165) is 35.3 Å². The molecule has 1 saturated carbocycles. The van der Waals surface area contributed by atoms with E-state index in [4.69, 9.17) is 9.26 Å². The van der Waals surface area contributed by atoms with Crippen LogP contribution >= 0.6 is 0 Å². The average Bonchev–Trinajstić information content (AvgIpc) is 3.29. The molecule has 4 rings (SSSR count). The normalized spacial score (nSPS) is 14.4. The number of rotatable bonds is 7. The summed E-state index contributed by atoms with van der Waals surface area (Å²) >= 11 is 0. The van der Waals surface area contributed by atoms with Gasteiger partial charge in [0.25, 0.3) is 5.91 Å². The number of hydrogen-bond acceptors (Lipinski definition) is 5. The smallest absolute Gasteiger partial charge is 0.254 e. The Morgan fingerprint density at radius 2 is 1.77 bits per heavy atom. The predicted octanol–water partition coefficient (Wildman–Crippen LogP) is 5.07. The molecule has 0 atom stereocenters. The van der Waals surface area contributed by atoms with Gasteiger partial charge in [-0.3, -0.25) is 4.79 Å². The Labute approximate surface area is 183 Å². The van der Waals surface area contributed by atoms with Crippen molar-refractivity contribution in [2.45, 2.75) is 51.5 Å². The Morgan fingerprint density at radius 3 is 2.45 bits per heavy atom. The van der Waals surface area contributed by atoms with E-state index in [1.165, 1.54) is 19.3 Å². The number of methoxy groups -OCH3 is 1. The van der Waals surface area contributed by atoms with Gasteiger partial charge in [-0.05, 0) is 56.2 Å². The summed E-state index contributed by atoms with van der Waals surface area (Å²) < 4.78 is 10.7. The predicted molar refractivity (Wildman–Crippen MR) is 119 cm³/mol. The topological polar surface area (TPSA) is 68.5 Å². The molecule has 0 unspecified atom stereocenters. The number of nitrogens with zero attached hydrogens (tertiary/aromatic N) is 3. The quantitative estimate of drug-likeness (QED) is 0.535. The third-order valence-corrected chi connectivity index (χ3v) is 5.96. The van der Waals surface area contributed by atoms with Gasteiger partial charge in [0.2, 0.25) is 11.7 Å². The summed E-state index contributed by atoms with van der Waals surface area (Å²) in [5, 5.41) is 4.11. The zero-order chi connectivity index (χ0) is 21.6. The number of hydrogen-bond donors (Lipinski definition) is 0. The van der Waals surface area contributed by atoms with E-state index in [0.29, 0.717) is 24.7 Å². The van der Waals surface area contributed by atoms with Gasteiger partial charge >= 0.3 is 0 Å². The Bertz CT molecular complexity index is 990. The second-order valence-electron chi connectivity index (χ2n) is 8.15. The van der Waals surface area contributed by atoms with E-state index in [1.807, 2.05) is 60.4 Å². The van der Waals surface area contributed by atoms with Gasteiger partial charge in [-0.15, -0.1) is 0 Å². The number of amides is 1. The fourth-order valence-electron chi connectivity index (χ4n) is 4.13. The molecule has 2 aromatic carbocycles. The fourth-order valence-corrected chi connectivity index (χ4v) is 4.13. The Hall–Kier alpha value is -3.15. The molecule has 1 aliphatic carbocycles. The Kier molecular flexibility index (Phi) is 6.65. The monoisotopic (exact) mass is 419 g/mol. The van der Waals surface area contributed by atoms with Crippen molar-refractivity contribution in [2.75, 3.05) is 13.7 Å². The molecule has 0 N–H and O–H groups in total. The molecule has 0 radical (unpaired) electrons. The summed E-state index contributed by atoms with van der Waals surface area (Å²) in [6, 6.07) is 15.6. The summed E-state index contributed by atoms with van der Waals surface area (Å²) in [7, 11) is 1.64. The molecule has 31 heavy (non-hydrogen) atoms. The van der Waals surface area contributed by atoms with Crippen molar-refractivity contribution in [3.05, 3.63) is 65.5 Å². The first-order valence-corrected chi connectivity index (χ1v) is 11.0. The molecule has 0 bridgehead atoms. The van der Waals surface area contributed by atoms with Crippen molar-refractivity contribution < 1.29 is 14.1 Å². The molecule has 0 saturated heterocycles. The van der Waals surface area contributed by atoms with Gasteiger partial charge in [0.05, 0.1) is 7.11 Å². The highest BCUT2D eigenvalue weighted by Crippen LogP contribution is 2.25. The number of aryl methyl sites for hydroxylation is 1. The van der Waals surface area contributed by atoms with Crippen molar-refractivity contribution in [1.29, 1.82) is 0 Å². The molecule has 162 valence electrons. The van der Waals surface area contributed by atoms with Crippen LogP contribution in [0.4, 0.5) is 0 Å². The van der Waals surface area contributed by atoms with E-state index in [-0.39, 0.29) is 11.9 Å². The largest absolute Gasteiger partial charge is 0.497 e. The number of ether oxygens (including phenoxy) is 1. The van der Waals surface area contributed by atoms with Crippen LogP contribution in [0.5, 0.6) is 5.75 Å². The maximum absolute atomic E-state index is 13.3. The molecule has 1 amide bonds. The second kappa shape index (κ2) is 9.77. The van der Waals surface area contributed by atoms with Gasteiger partial charge in [0, 0.05) is 30.1 Å². The van der Waals surface area contributed by atoms with E-state index in [1.54, 1.807) is 7.11 Å². The first kappa shape index (κ1) is 21.1. The molecule has 3 aromatic rings. The maximum atomic E-state index is 13.3. The van der Waals surface area contributed by atoms with Crippen LogP contribution in [0.3, 0.4) is 0 Å². The van der Waals surface area contributed by atoms with Crippen molar-refractivity contribution in [1.82, 2.24) is 15.0 Å². The van der Waals surface area contributed by atoms with Gasteiger partial charge in [0.1, 0.15) is 5.75 Å². The minimum Gasteiger partial charge on any atom is -0.497 e. The summed E-state index contributed by atoms with van der Waals surface area (Å²) in [4.78, 5) is 19.9. The van der Waals surface area contributed by atoms with Gasteiger partial charge in [-0.2, -0.15) is 4.98 Å². The third kappa shape index (κ3) is 5.13. The third-order valence-electron chi connectivity index (χ3n) is 5.96. The molecular weight excluding hydrogens is 390 g/mol. The number of carbonyl (C=O) groups is 1. The van der Waals surface area contributed by atoms with E-state index < -0.39 is 0 Å². The number of aromatic nitrogens is 2. The van der Waals surface area contributed by atoms with Gasteiger partial charge in [-0.1, -0.05) is 42.1 Å². The van der Waals surface area contributed by atoms with E-state index >= 15 is 0 Å². The Balaban J connectivity index is 1.47. The zero-order valence-corrected chi connectivity index (χ0v) is 18.2. The molecule has 6 heteroatoms. The van der Waals surface area contributed by atoms with Crippen LogP contribution in [-0.2, 0) is 6.42 Å². The molecular formula is C25H29N3O3. The number of carbonyl (C=O) groups excluding carboxylic acids is 1. The minimum atomic E-state index is 0.0850. The minimum absolute atomic E-state index is 0.0850. The van der Waals surface area contributed by atoms with Gasteiger partial charge in [-0.25, -0.2) is 0 Å². The van der Waals surface area contributed by atoms with Crippen molar-refractivity contribution in [3.8, 4) is 17.1 Å². The lowest BCUT2D eigenvalue weighted by molar-refractivity contribution is 0.0632. The second-order valence-corrected chi connectivity index (χ2v) is 8.15.